The molecule has 0 aromatic carbocycles. The lowest BCUT2D eigenvalue weighted by Gasteiger charge is -2.05. The molecule has 3 nitrogen and oxygen atoms in total. The molecule has 1 aromatic rings. The van der Waals surface area contributed by atoms with Crippen molar-refractivity contribution in [1.29, 1.82) is 0 Å². The van der Waals surface area contributed by atoms with Gasteiger partial charge in [0.15, 0.2) is 0 Å². The van der Waals surface area contributed by atoms with Crippen molar-refractivity contribution in [3.8, 4) is 11.8 Å². The van der Waals surface area contributed by atoms with Crippen molar-refractivity contribution in [1.82, 2.24) is 15.1 Å². The molecule has 0 fully saturated rings. The number of nitrogens with one attached hydrogen (secondary N) is 1. The lowest BCUT2D eigenvalue weighted by atomic mass is 10.1. The summed E-state index contributed by atoms with van der Waals surface area (Å²) in [4.78, 5) is 0. The van der Waals surface area contributed by atoms with E-state index in [9.17, 15) is 0 Å². The van der Waals surface area contributed by atoms with E-state index >= 15 is 0 Å². The number of nitrogens with zero attached hydrogens (tertiary/aromatic N) is 2. The lowest BCUT2D eigenvalue weighted by Crippen LogP contribution is -2.18. The second-order valence-corrected chi connectivity index (χ2v) is 4.55. The van der Waals surface area contributed by atoms with E-state index in [2.05, 4.69) is 47.7 Å². The first-order valence-electron chi connectivity index (χ1n) is 6.83. The minimum atomic E-state index is 0.881. The van der Waals surface area contributed by atoms with Crippen LogP contribution < -0.4 is 5.32 Å². The van der Waals surface area contributed by atoms with Gasteiger partial charge < -0.3 is 5.32 Å². The molecule has 1 rings (SSSR count). The summed E-state index contributed by atoms with van der Waals surface area (Å²) in [5.74, 6) is 6.02. The van der Waals surface area contributed by atoms with E-state index in [4.69, 9.17) is 0 Å². The molecule has 0 bridgehead atoms. The third-order valence-corrected chi connectivity index (χ3v) is 3.14. The molecule has 0 radical (unpaired) electrons. The van der Waals surface area contributed by atoms with Gasteiger partial charge in [0.25, 0.3) is 0 Å². The maximum Gasteiger partial charge on any atom is 0.0628 e. The Hall–Kier alpha value is -1.27. The number of hydrogen-bond donors (Lipinski definition) is 1. The summed E-state index contributed by atoms with van der Waals surface area (Å²) in [7, 11) is 0. The van der Waals surface area contributed by atoms with Crippen LogP contribution in [-0.2, 0) is 13.0 Å². The molecule has 0 amide bonds. The van der Waals surface area contributed by atoms with Crippen molar-refractivity contribution in [2.75, 3.05) is 13.1 Å². The highest BCUT2D eigenvalue weighted by Gasteiger charge is 2.10. The number of aromatic nitrogens is 2. The van der Waals surface area contributed by atoms with Gasteiger partial charge in [0.05, 0.1) is 12.2 Å². The summed E-state index contributed by atoms with van der Waals surface area (Å²) < 4.78 is 2.09. The van der Waals surface area contributed by atoms with Crippen LogP contribution in [0, 0.1) is 25.7 Å². The molecule has 100 valence electrons. The van der Waals surface area contributed by atoms with Crippen LogP contribution in [0.4, 0.5) is 0 Å². The fourth-order valence-corrected chi connectivity index (χ4v) is 2.12. The van der Waals surface area contributed by atoms with E-state index in [0.717, 1.165) is 38.2 Å². The maximum absolute atomic E-state index is 4.60. The van der Waals surface area contributed by atoms with Crippen LogP contribution in [0.15, 0.2) is 0 Å². The van der Waals surface area contributed by atoms with Gasteiger partial charge in [0.1, 0.15) is 0 Å². The van der Waals surface area contributed by atoms with Crippen molar-refractivity contribution in [3.63, 3.8) is 0 Å². The Morgan fingerprint density at radius 1 is 1.28 bits per heavy atom. The van der Waals surface area contributed by atoms with Gasteiger partial charge in [-0.15, -0.1) is 11.8 Å². The fourth-order valence-electron chi connectivity index (χ4n) is 2.12. The first kappa shape index (κ1) is 14.8. The van der Waals surface area contributed by atoms with Crippen molar-refractivity contribution >= 4 is 0 Å². The number of hydrogen-bond acceptors (Lipinski definition) is 2. The van der Waals surface area contributed by atoms with E-state index in [-0.39, 0.29) is 0 Å². The molecule has 0 aliphatic rings. The monoisotopic (exact) mass is 247 g/mol. The smallest absolute Gasteiger partial charge is 0.0628 e. The SMILES string of the molecule is CC#CCCn1nc(C)c(CCNCCC)c1C. The molecule has 1 N–H and O–H groups in total. The summed E-state index contributed by atoms with van der Waals surface area (Å²) in [6.07, 6.45) is 3.13. The number of aryl methyl sites for hydroxylation is 2. The fraction of sp³-hybridized carbons (Fsp3) is 0.667. The summed E-state index contributed by atoms with van der Waals surface area (Å²) in [6, 6.07) is 0. The zero-order valence-corrected chi connectivity index (χ0v) is 12.1. The molecule has 1 heterocycles. The van der Waals surface area contributed by atoms with Crippen LogP contribution in [0.25, 0.3) is 0 Å². The molecule has 0 aliphatic heterocycles. The lowest BCUT2D eigenvalue weighted by molar-refractivity contribution is 0.606. The largest absolute Gasteiger partial charge is 0.316 e. The molecule has 0 aliphatic carbocycles. The normalized spacial score (nSPS) is 10.2. The van der Waals surface area contributed by atoms with Gasteiger partial charge in [0.2, 0.25) is 0 Å². The Morgan fingerprint density at radius 2 is 2.06 bits per heavy atom. The van der Waals surface area contributed by atoms with E-state index in [0.29, 0.717) is 0 Å². The van der Waals surface area contributed by atoms with Crippen LogP contribution >= 0.6 is 0 Å². The van der Waals surface area contributed by atoms with Gasteiger partial charge >= 0.3 is 0 Å². The highest BCUT2D eigenvalue weighted by molar-refractivity contribution is 5.25. The molecule has 1 aromatic heterocycles. The van der Waals surface area contributed by atoms with Gasteiger partial charge in [-0.05, 0) is 52.3 Å². The minimum Gasteiger partial charge on any atom is -0.316 e. The first-order chi connectivity index (χ1) is 8.70. The average molecular weight is 247 g/mol. The van der Waals surface area contributed by atoms with Crippen molar-refractivity contribution in [2.24, 2.45) is 0 Å². The highest BCUT2D eigenvalue weighted by Crippen LogP contribution is 2.13. The molecule has 0 saturated heterocycles. The quantitative estimate of drug-likeness (QED) is 0.592. The standard InChI is InChI=1S/C15H25N3/c1-5-7-8-12-18-14(4)15(13(3)17-18)9-11-16-10-6-2/h16H,6,8-12H2,1-4H3. The van der Waals surface area contributed by atoms with Gasteiger partial charge in [0, 0.05) is 12.1 Å². The van der Waals surface area contributed by atoms with Crippen LogP contribution in [-0.4, -0.2) is 22.9 Å². The Morgan fingerprint density at radius 3 is 2.72 bits per heavy atom. The predicted molar refractivity (Wildman–Crippen MR) is 76.6 cm³/mol. The van der Waals surface area contributed by atoms with E-state index in [1.807, 2.05) is 6.92 Å². The third-order valence-electron chi connectivity index (χ3n) is 3.14. The van der Waals surface area contributed by atoms with Crippen LogP contribution in [0.1, 0.15) is 43.6 Å². The molecular formula is C15H25N3. The van der Waals surface area contributed by atoms with Crippen LogP contribution in [0.3, 0.4) is 0 Å². The predicted octanol–water partition coefficient (Wildman–Crippen LogP) is 2.46. The first-order valence-corrected chi connectivity index (χ1v) is 6.83. The Kier molecular flexibility index (Phi) is 6.53. The Balaban J connectivity index is 2.58. The van der Waals surface area contributed by atoms with Gasteiger partial charge in [-0.25, -0.2) is 0 Å². The molecule has 3 heteroatoms. The minimum absolute atomic E-state index is 0.881. The third kappa shape index (κ3) is 4.19. The Bertz CT molecular complexity index is 421. The van der Waals surface area contributed by atoms with Gasteiger partial charge in [-0.1, -0.05) is 6.92 Å². The Labute approximate surface area is 111 Å². The number of rotatable bonds is 7. The zero-order chi connectivity index (χ0) is 13.4. The summed E-state index contributed by atoms with van der Waals surface area (Å²) in [6.45, 7) is 11.4. The second kappa shape index (κ2) is 7.94. The summed E-state index contributed by atoms with van der Waals surface area (Å²) >= 11 is 0. The summed E-state index contributed by atoms with van der Waals surface area (Å²) in [5.41, 5.74) is 3.85. The molecular weight excluding hydrogens is 222 g/mol. The second-order valence-electron chi connectivity index (χ2n) is 4.55. The molecule has 0 unspecified atom stereocenters. The molecule has 0 saturated carbocycles. The van der Waals surface area contributed by atoms with E-state index < -0.39 is 0 Å². The molecule has 18 heavy (non-hydrogen) atoms. The van der Waals surface area contributed by atoms with Crippen LogP contribution in [0.2, 0.25) is 0 Å². The molecule has 0 spiro atoms. The molecule has 0 atom stereocenters. The van der Waals surface area contributed by atoms with Crippen molar-refractivity contribution in [3.05, 3.63) is 17.0 Å². The highest BCUT2D eigenvalue weighted by atomic mass is 15.3. The van der Waals surface area contributed by atoms with Gasteiger partial charge in [-0.2, -0.15) is 5.10 Å². The van der Waals surface area contributed by atoms with Gasteiger partial charge in [-0.3, -0.25) is 4.68 Å². The van der Waals surface area contributed by atoms with E-state index in [1.165, 1.54) is 17.7 Å². The average Bonchev–Trinajstić information content (AvgIpc) is 2.62. The topological polar surface area (TPSA) is 29.9 Å². The van der Waals surface area contributed by atoms with Crippen LogP contribution in [0.5, 0.6) is 0 Å². The van der Waals surface area contributed by atoms with E-state index in [1.54, 1.807) is 0 Å². The van der Waals surface area contributed by atoms with Crippen molar-refractivity contribution in [2.45, 2.75) is 53.5 Å². The zero-order valence-electron chi connectivity index (χ0n) is 12.1. The maximum atomic E-state index is 4.60. The van der Waals surface area contributed by atoms with Crippen molar-refractivity contribution < 1.29 is 0 Å². The summed E-state index contributed by atoms with van der Waals surface area (Å²) in [5, 5.41) is 8.04.